The number of benzene rings is 1. The lowest BCUT2D eigenvalue weighted by molar-refractivity contribution is -0.174. The van der Waals surface area contributed by atoms with E-state index in [1.807, 2.05) is 6.07 Å². The molecule has 1 aromatic rings. The summed E-state index contributed by atoms with van der Waals surface area (Å²) in [5.41, 5.74) is 5.06. The van der Waals surface area contributed by atoms with Crippen LogP contribution in [0.15, 0.2) is 30.3 Å². The third-order valence-electron chi connectivity index (χ3n) is 2.23. The molecule has 0 aliphatic heterocycles. The number of alkyl halides is 3. The standard InChI is InChI=1S/C11H14F3NO/c12-11(13,14)9(8-15)6-7-16-10-4-2-1-3-5-10/h1-5,9H,6-8,15H2. The van der Waals surface area contributed by atoms with E-state index >= 15 is 0 Å². The third kappa shape index (κ3) is 4.10. The first-order chi connectivity index (χ1) is 7.54. The number of nitrogens with two attached hydrogens (primary N) is 1. The smallest absolute Gasteiger partial charge is 0.393 e. The fourth-order valence-electron chi connectivity index (χ4n) is 1.25. The molecule has 1 rings (SSSR count). The molecule has 0 aliphatic carbocycles. The Hall–Kier alpha value is -1.23. The molecule has 16 heavy (non-hydrogen) atoms. The van der Waals surface area contributed by atoms with E-state index < -0.39 is 18.6 Å². The lowest BCUT2D eigenvalue weighted by atomic mass is 10.1. The molecule has 5 heteroatoms. The fourth-order valence-corrected chi connectivity index (χ4v) is 1.25. The molecule has 0 saturated carbocycles. The molecule has 0 spiro atoms. The molecule has 0 amide bonds. The van der Waals surface area contributed by atoms with Crippen molar-refractivity contribution in [2.24, 2.45) is 11.7 Å². The zero-order chi connectivity index (χ0) is 12.0. The van der Waals surface area contributed by atoms with E-state index in [4.69, 9.17) is 10.5 Å². The van der Waals surface area contributed by atoms with Crippen molar-refractivity contribution in [1.29, 1.82) is 0 Å². The first kappa shape index (κ1) is 12.8. The lowest BCUT2D eigenvalue weighted by Crippen LogP contribution is -2.31. The van der Waals surface area contributed by atoms with Gasteiger partial charge in [-0.2, -0.15) is 13.2 Å². The highest BCUT2D eigenvalue weighted by Crippen LogP contribution is 2.27. The van der Waals surface area contributed by atoms with Crippen LogP contribution >= 0.6 is 0 Å². The molecule has 2 nitrogen and oxygen atoms in total. The van der Waals surface area contributed by atoms with Crippen molar-refractivity contribution in [2.75, 3.05) is 13.2 Å². The normalized spacial score (nSPS) is 13.5. The molecule has 0 bridgehead atoms. The van der Waals surface area contributed by atoms with Gasteiger partial charge in [0.1, 0.15) is 5.75 Å². The van der Waals surface area contributed by atoms with E-state index in [-0.39, 0.29) is 13.0 Å². The number of hydrogen-bond donors (Lipinski definition) is 1. The van der Waals surface area contributed by atoms with Crippen LogP contribution in [0.2, 0.25) is 0 Å². The number of halogens is 3. The largest absolute Gasteiger partial charge is 0.494 e. The van der Waals surface area contributed by atoms with E-state index in [0.717, 1.165) is 0 Å². The van der Waals surface area contributed by atoms with Crippen LogP contribution in [0.5, 0.6) is 5.75 Å². The summed E-state index contributed by atoms with van der Waals surface area (Å²) in [6.07, 6.45) is -4.36. The van der Waals surface area contributed by atoms with Gasteiger partial charge in [-0.05, 0) is 18.6 Å². The monoisotopic (exact) mass is 233 g/mol. The minimum absolute atomic E-state index is 0.0192. The van der Waals surface area contributed by atoms with Crippen LogP contribution in [-0.4, -0.2) is 19.3 Å². The molecule has 0 fully saturated rings. The zero-order valence-corrected chi connectivity index (χ0v) is 8.70. The van der Waals surface area contributed by atoms with Crippen LogP contribution in [0.4, 0.5) is 13.2 Å². The second-order valence-electron chi connectivity index (χ2n) is 3.42. The Bertz CT molecular complexity index is 300. The van der Waals surface area contributed by atoms with Crippen LogP contribution < -0.4 is 10.5 Å². The van der Waals surface area contributed by atoms with E-state index in [9.17, 15) is 13.2 Å². The summed E-state index contributed by atoms with van der Waals surface area (Å²) in [5, 5.41) is 0. The molecule has 1 aromatic carbocycles. The van der Waals surface area contributed by atoms with Crippen LogP contribution in [0, 0.1) is 5.92 Å². The quantitative estimate of drug-likeness (QED) is 0.848. The number of rotatable bonds is 5. The van der Waals surface area contributed by atoms with Gasteiger partial charge in [-0.3, -0.25) is 0 Å². The van der Waals surface area contributed by atoms with Gasteiger partial charge in [0.25, 0.3) is 0 Å². The van der Waals surface area contributed by atoms with Crippen LogP contribution in [0.25, 0.3) is 0 Å². The SMILES string of the molecule is NCC(CCOc1ccccc1)C(F)(F)F. The maximum absolute atomic E-state index is 12.3. The first-order valence-electron chi connectivity index (χ1n) is 4.98. The highest BCUT2D eigenvalue weighted by atomic mass is 19.4. The van der Waals surface area contributed by atoms with Crippen LogP contribution in [-0.2, 0) is 0 Å². The molecule has 0 heterocycles. The number of para-hydroxylation sites is 1. The molecule has 0 aliphatic rings. The third-order valence-corrected chi connectivity index (χ3v) is 2.23. The van der Waals surface area contributed by atoms with Gasteiger partial charge < -0.3 is 10.5 Å². The van der Waals surface area contributed by atoms with Crippen molar-refractivity contribution in [2.45, 2.75) is 12.6 Å². The molecule has 1 atom stereocenters. The summed E-state index contributed by atoms with van der Waals surface area (Å²) in [6.45, 7) is -0.382. The van der Waals surface area contributed by atoms with Gasteiger partial charge >= 0.3 is 6.18 Å². The Balaban J connectivity index is 2.35. The van der Waals surface area contributed by atoms with Gasteiger partial charge in [0.05, 0.1) is 12.5 Å². The zero-order valence-electron chi connectivity index (χ0n) is 8.70. The molecule has 90 valence electrons. The maximum Gasteiger partial charge on any atom is 0.393 e. The Morgan fingerprint density at radius 2 is 1.81 bits per heavy atom. The van der Waals surface area contributed by atoms with Crippen molar-refractivity contribution >= 4 is 0 Å². The summed E-state index contributed by atoms with van der Waals surface area (Å²) in [4.78, 5) is 0. The second-order valence-corrected chi connectivity index (χ2v) is 3.42. The summed E-state index contributed by atoms with van der Waals surface area (Å²) in [6, 6.07) is 8.74. The van der Waals surface area contributed by atoms with Gasteiger partial charge in [-0.15, -0.1) is 0 Å². The molecule has 2 N–H and O–H groups in total. The van der Waals surface area contributed by atoms with Crippen LogP contribution in [0.1, 0.15) is 6.42 Å². The Kier molecular flexibility index (Phi) is 4.61. The minimum atomic E-state index is -4.24. The van der Waals surface area contributed by atoms with Crippen molar-refractivity contribution in [3.63, 3.8) is 0 Å². The maximum atomic E-state index is 12.3. The van der Waals surface area contributed by atoms with E-state index in [0.29, 0.717) is 5.75 Å². The summed E-state index contributed by atoms with van der Waals surface area (Å²) < 4.78 is 42.1. The number of hydrogen-bond acceptors (Lipinski definition) is 2. The number of ether oxygens (including phenoxy) is 1. The van der Waals surface area contributed by atoms with Crippen molar-refractivity contribution in [3.8, 4) is 5.75 Å². The summed E-state index contributed by atoms with van der Waals surface area (Å²) in [7, 11) is 0. The van der Waals surface area contributed by atoms with Crippen molar-refractivity contribution in [1.82, 2.24) is 0 Å². The summed E-state index contributed by atoms with van der Waals surface area (Å²) in [5.74, 6) is -0.920. The summed E-state index contributed by atoms with van der Waals surface area (Å²) >= 11 is 0. The average molecular weight is 233 g/mol. The van der Waals surface area contributed by atoms with Gasteiger partial charge in [-0.1, -0.05) is 18.2 Å². The minimum Gasteiger partial charge on any atom is -0.494 e. The van der Waals surface area contributed by atoms with Crippen molar-refractivity contribution in [3.05, 3.63) is 30.3 Å². The molecular formula is C11H14F3NO. The first-order valence-corrected chi connectivity index (χ1v) is 4.98. The van der Waals surface area contributed by atoms with Crippen molar-refractivity contribution < 1.29 is 17.9 Å². The Morgan fingerprint density at radius 1 is 1.19 bits per heavy atom. The predicted octanol–water partition coefficient (Wildman–Crippen LogP) is 2.59. The van der Waals surface area contributed by atoms with Gasteiger partial charge in [-0.25, -0.2) is 0 Å². The lowest BCUT2D eigenvalue weighted by Gasteiger charge is -2.18. The second kappa shape index (κ2) is 5.75. The highest BCUT2D eigenvalue weighted by Gasteiger charge is 2.38. The van der Waals surface area contributed by atoms with Gasteiger partial charge in [0, 0.05) is 6.54 Å². The molecule has 0 aromatic heterocycles. The molecule has 0 saturated heterocycles. The molecule has 0 radical (unpaired) electrons. The van der Waals surface area contributed by atoms with Gasteiger partial charge in [0.2, 0.25) is 0 Å². The van der Waals surface area contributed by atoms with E-state index in [1.54, 1.807) is 24.3 Å². The molecule has 1 unspecified atom stereocenters. The van der Waals surface area contributed by atoms with E-state index in [1.165, 1.54) is 0 Å². The van der Waals surface area contributed by atoms with Crippen LogP contribution in [0.3, 0.4) is 0 Å². The highest BCUT2D eigenvalue weighted by molar-refractivity contribution is 5.20. The molecular weight excluding hydrogens is 219 g/mol. The topological polar surface area (TPSA) is 35.2 Å². The Morgan fingerprint density at radius 3 is 2.31 bits per heavy atom. The van der Waals surface area contributed by atoms with E-state index in [2.05, 4.69) is 0 Å². The Labute approximate surface area is 92.2 Å². The van der Waals surface area contributed by atoms with Gasteiger partial charge in [0.15, 0.2) is 0 Å². The average Bonchev–Trinajstić information content (AvgIpc) is 2.24. The predicted molar refractivity (Wildman–Crippen MR) is 55.2 cm³/mol. The fraction of sp³-hybridized carbons (Fsp3) is 0.455.